The smallest absolute Gasteiger partial charge is 0.252 e. The van der Waals surface area contributed by atoms with Gasteiger partial charge in [-0.05, 0) is 114 Å². The van der Waals surface area contributed by atoms with Gasteiger partial charge in [0.25, 0.3) is 6.71 Å². The lowest BCUT2D eigenvalue weighted by molar-refractivity contribution is 1.25. The van der Waals surface area contributed by atoms with Crippen LogP contribution in [-0.2, 0) is 0 Å². The Morgan fingerprint density at radius 2 is 0.644 bits per heavy atom. The van der Waals surface area contributed by atoms with Crippen molar-refractivity contribution in [2.24, 2.45) is 0 Å². The lowest BCUT2D eigenvalue weighted by atomic mass is 9.33. The van der Waals surface area contributed by atoms with Crippen molar-refractivity contribution in [1.29, 1.82) is 0 Å². The first-order valence-corrected chi connectivity index (χ1v) is 25.6. The Morgan fingerprint density at radius 3 is 1.03 bits per heavy atom. The Bertz CT molecular complexity index is 3750. The Hall–Kier alpha value is -8.60. The van der Waals surface area contributed by atoms with Gasteiger partial charge in [-0.2, -0.15) is 0 Å². The van der Waals surface area contributed by atoms with E-state index in [0.29, 0.717) is 10.0 Å². The van der Waals surface area contributed by atoms with Gasteiger partial charge in [0.1, 0.15) is 0 Å². The number of rotatable bonds is 7. The predicted molar refractivity (Wildman–Crippen MR) is 313 cm³/mol. The van der Waals surface area contributed by atoms with E-state index in [0.717, 1.165) is 95.1 Å². The molecule has 73 heavy (non-hydrogen) atoms. The molecule has 342 valence electrons. The summed E-state index contributed by atoms with van der Waals surface area (Å²) in [5.74, 6) is 0. The Morgan fingerprint density at radius 1 is 0.288 bits per heavy atom. The van der Waals surface area contributed by atoms with Crippen molar-refractivity contribution in [3.05, 3.63) is 271 Å². The zero-order valence-corrected chi connectivity index (χ0v) is 41.1. The molecule has 2 aliphatic heterocycles. The van der Waals surface area contributed by atoms with Crippen LogP contribution in [0.5, 0.6) is 0 Å². The van der Waals surface area contributed by atoms with E-state index in [-0.39, 0.29) is 6.71 Å². The Labute approximate surface area is 435 Å². The number of halogens is 2. The van der Waals surface area contributed by atoms with E-state index in [1.165, 1.54) is 32.6 Å². The molecule has 0 amide bonds. The van der Waals surface area contributed by atoms with Crippen molar-refractivity contribution in [3.8, 4) is 55.6 Å². The van der Waals surface area contributed by atoms with Gasteiger partial charge in [0.2, 0.25) is 0 Å². The molecule has 0 unspecified atom stereocenters. The molecule has 12 aromatic carbocycles. The van der Waals surface area contributed by atoms with Gasteiger partial charge >= 0.3 is 0 Å². The fraction of sp³-hybridized carbons (Fsp3) is 0. The summed E-state index contributed by atoms with van der Waals surface area (Å²) in [7, 11) is 0. The van der Waals surface area contributed by atoms with Crippen molar-refractivity contribution in [2.75, 3.05) is 9.80 Å². The molecule has 2 nitrogen and oxygen atoms in total. The summed E-state index contributed by atoms with van der Waals surface area (Å²) in [5, 5.41) is 6.08. The quantitative estimate of drug-likeness (QED) is 0.116. The maximum atomic E-state index is 7.29. The minimum absolute atomic E-state index is 0.191. The minimum atomic E-state index is -0.191. The van der Waals surface area contributed by atoms with E-state index in [9.17, 15) is 0 Å². The van der Waals surface area contributed by atoms with Gasteiger partial charge in [-0.3, -0.25) is 0 Å². The molecule has 0 saturated carbocycles. The highest BCUT2D eigenvalue weighted by Crippen LogP contribution is 2.54. The van der Waals surface area contributed by atoms with E-state index >= 15 is 0 Å². The van der Waals surface area contributed by atoms with Crippen LogP contribution in [0.15, 0.2) is 261 Å². The highest BCUT2D eigenvalue weighted by molar-refractivity contribution is 7.00. The Balaban J connectivity index is 1.20. The van der Waals surface area contributed by atoms with Crippen molar-refractivity contribution >= 4 is 102 Å². The third kappa shape index (κ3) is 7.11. The molecule has 0 spiro atoms. The van der Waals surface area contributed by atoms with Crippen LogP contribution in [0, 0.1) is 0 Å². The lowest BCUT2D eigenvalue weighted by Gasteiger charge is -2.46. The van der Waals surface area contributed by atoms with E-state index in [1.807, 2.05) is 0 Å². The van der Waals surface area contributed by atoms with E-state index in [2.05, 4.69) is 271 Å². The first kappa shape index (κ1) is 43.2. The topological polar surface area (TPSA) is 6.48 Å². The number of fused-ring (bicyclic) bond motifs is 6. The minimum Gasteiger partial charge on any atom is -0.310 e. The maximum Gasteiger partial charge on any atom is 0.252 e. The van der Waals surface area contributed by atoms with Gasteiger partial charge in [-0.1, -0.05) is 242 Å². The number of para-hydroxylation sites is 2. The zero-order valence-electron chi connectivity index (χ0n) is 39.6. The molecular weight excluding hydrogens is 926 g/mol. The second-order valence-corrected chi connectivity index (χ2v) is 19.9. The van der Waals surface area contributed by atoms with Gasteiger partial charge < -0.3 is 9.80 Å². The highest BCUT2D eigenvalue weighted by Gasteiger charge is 2.45. The molecule has 14 rings (SSSR count). The summed E-state index contributed by atoms with van der Waals surface area (Å²) in [4.78, 5) is 5.08. The average molecular weight is 970 g/mol. The second kappa shape index (κ2) is 17.6. The van der Waals surface area contributed by atoms with Crippen molar-refractivity contribution < 1.29 is 0 Å². The zero-order chi connectivity index (χ0) is 48.6. The monoisotopic (exact) mass is 968 g/mol. The van der Waals surface area contributed by atoms with E-state index in [4.69, 9.17) is 23.2 Å². The SMILES string of the molecule is Clc1ccc2c(c1)N(c1c(-c3ccccc3)cccc1-c1ccccc1)c1cc(-c3c4ccccc4cc4ccccc34)cc3c1B2c1ccc(Cl)cc1N3c1c(-c2ccccc2)cccc1-c1ccccc1. The van der Waals surface area contributed by atoms with E-state index < -0.39 is 0 Å². The molecule has 5 heteroatoms. The second-order valence-electron chi connectivity index (χ2n) is 19.0. The van der Waals surface area contributed by atoms with Crippen LogP contribution in [0.2, 0.25) is 10.0 Å². The molecule has 2 aliphatic rings. The van der Waals surface area contributed by atoms with Gasteiger partial charge in [-0.25, -0.2) is 0 Å². The molecule has 0 radical (unpaired) electrons. The van der Waals surface area contributed by atoms with Crippen LogP contribution in [0.1, 0.15) is 0 Å². The predicted octanol–water partition coefficient (Wildman–Crippen LogP) is 17.7. The van der Waals surface area contributed by atoms with Crippen LogP contribution in [0.4, 0.5) is 34.1 Å². The summed E-state index contributed by atoms with van der Waals surface area (Å²) >= 11 is 14.6. The van der Waals surface area contributed by atoms with Crippen LogP contribution >= 0.6 is 23.2 Å². The van der Waals surface area contributed by atoms with E-state index in [1.54, 1.807) is 0 Å². The third-order valence-electron chi connectivity index (χ3n) is 14.9. The first-order chi connectivity index (χ1) is 36.1. The summed E-state index contributed by atoms with van der Waals surface area (Å²) in [6.45, 7) is -0.191. The molecule has 0 atom stereocenters. The number of hydrogen-bond donors (Lipinski definition) is 0. The molecule has 0 bridgehead atoms. The molecule has 2 heterocycles. The van der Waals surface area contributed by atoms with Crippen LogP contribution in [-0.4, -0.2) is 6.71 Å². The fourth-order valence-electron chi connectivity index (χ4n) is 11.9. The molecular formula is C68H43BCl2N2. The number of nitrogens with zero attached hydrogens (tertiary/aromatic N) is 2. The van der Waals surface area contributed by atoms with Crippen molar-refractivity contribution in [2.45, 2.75) is 0 Å². The maximum absolute atomic E-state index is 7.29. The Kier molecular flexibility index (Phi) is 10.4. The summed E-state index contributed by atoms with van der Waals surface area (Å²) < 4.78 is 0. The van der Waals surface area contributed by atoms with Gasteiger partial charge in [0.05, 0.1) is 11.4 Å². The van der Waals surface area contributed by atoms with Gasteiger partial charge in [0.15, 0.2) is 0 Å². The third-order valence-corrected chi connectivity index (χ3v) is 15.4. The number of anilines is 6. The normalized spacial score (nSPS) is 12.4. The van der Waals surface area contributed by atoms with Gasteiger partial charge in [-0.15, -0.1) is 0 Å². The summed E-state index contributed by atoms with van der Waals surface area (Å²) in [6, 6.07) is 94.6. The molecule has 0 aromatic heterocycles. The molecule has 12 aromatic rings. The van der Waals surface area contributed by atoms with Crippen LogP contribution in [0.25, 0.3) is 77.2 Å². The fourth-order valence-corrected chi connectivity index (χ4v) is 12.2. The number of hydrogen-bond acceptors (Lipinski definition) is 2. The summed E-state index contributed by atoms with van der Waals surface area (Å²) in [6.07, 6.45) is 0. The number of benzene rings is 12. The molecule has 0 saturated heterocycles. The standard InChI is InChI=1S/C68H43BCl2N2/c70-51-35-37-59-61(42-51)72(67-55(44-19-5-1-6-20-44)31-17-32-56(67)45-21-7-2-8-22-45)63-40-50(65-53-29-15-13-27-48(53)39-49-28-14-16-30-54(49)65)41-64-66(63)69(59)60-38-36-52(71)43-62(60)73(64)68-57(46-23-9-3-10-24-46)33-18-34-58(68)47-25-11-4-12-26-47/h1-43H. The largest absolute Gasteiger partial charge is 0.310 e. The molecule has 0 fully saturated rings. The van der Waals surface area contributed by atoms with Crippen LogP contribution in [0.3, 0.4) is 0 Å². The highest BCUT2D eigenvalue weighted by atomic mass is 35.5. The van der Waals surface area contributed by atoms with Crippen molar-refractivity contribution in [3.63, 3.8) is 0 Å². The van der Waals surface area contributed by atoms with Gasteiger partial charge in [0, 0.05) is 55.0 Å². The molecule has 0 aliphatic carbocycles. The van der Waals surface area contributed by atoms with Crippen LogP contribution < -0.4 is 26.2 Å². The first-order valence-electron chi connectivity index (χ1n) is 24.8. The lowest BCUT2D eigenvalue weighted by Crippen LogP contribution is -2.61. The average Bonchev–Trinajstić information content (AvgIpc) is 3.45. The molecule has 0 N–H and O–H groups in total. The summed E-state index contributed by atoms with van der Waals surface area (Å²) in [5.41, 5.74) is 21.1. The van der Waals surface area contributed by atoms with Crippen molar-refractivity contribution in [1.82, 2.24) is 0 Å².